The highest BCUT2D eigenvalue weighted by Gasteiger charge is 2.41. The van der Waals surface area contributed by atoms with Crippen LogP contribution in [0, 0.1) is 11.3 Å². The van der Waals surface area contributed by atoms with Crippen LogP contribution in [0.15, 0.2) is 55.8 Å². The summed E-state index contributed by atoms with van der Waals surface area (Å²) in [6.45, 7) is 0. The third kappa shape index (κ3) is 2.47. The number of rotatable bonds is 3. The summed E-state index contributed by atoms with van der Waals surface area (Å²) >= 11 is 1.29. The Labute approximate surface area is 147 Å². The van der Waals surface area contributed by atoms with Crippen molar-refractivity contribution in [1.29, 1.82) is 5.26 Å². The van der Waals surface area contributed by atoms with Gasteiger partial charge >= 0.3 is 11.9 Å². The van der Waals surface area contributed by atoms with Crippen LogP contribution in [0.2, 0.25) is 0 Å². The fourth-order valence-electron chi connectivity index (χ4n) is 2.55. The van der Waals surface area contributed by atoms with E-state index in [4.69, 9.17) is 9.47 Å². The van der Waals surface area contributed by atoms with Crippen molar-refractivity contribution < 1.29 is 19.1 Å². The number of hydrogen-bond acceptors (Lipinski definition) is 9. The zero-order valence-corrected chi connectivity index (χ0v) is 14.4. The molecule has 3 aliphatic heterocycles. The van der Waals surface area contributed by atoms with Crippen LogP contribution in [0.3, 0.4) is 0 Å². The molecule has 3 heterocycles. The van der Waals surface area contributed by atoms with E-state index < -0.39 is 11.9 Å². The van der Waals surface area contributed by atoms with Gasteiger partial charge in [0.2, 0.25) is 0 Å². The fraction of sp³-hybridized carbons (Fsp3) is 0.188. The Morgan fingerprint density at radius 3 is 2.56 bits per heavy atom. The molecule has 0 spiro atoms. The van der Waals surface area contributed by atoms with Gasteiger partial charge in [-0.1, -0.05) is 6.08 Å². The highest BCUT2D eigenvalue weighted by atomic mass is 32.2. The maximum Gasteiger partial charge on any atom is 0.357 e. The van der Waals surface area contributed by atoms with Gasteiger partial charge in [-0.15, -0.1) is 11.8 Å². The molecule has 0 bridgehead atoms. The molecule has 0 aromatic heterocycles. The summed E-state index contributed by atoms with van der Waals surface area (Å²) in [6.07, 6.45) is 6.83. The number of carbonyl (C=O) groups excluding carboxylic acids is 2. The maximum atomic E-state index is 12.3. The molecule has 0 radical (unpaired) electrons. The van der Waals surface area contributed by atoms with Crippen LogP contribution in [-0.2, 0) is 19.1 Å². The molecule has 8 nitrogen and oxygen atoms in total. The van der Waals surface area contributed by atoms with Crippen LogP contribution in [0.25, 0.3) is 0 Å². The third-order valence-electron chi connectivity index (χ3n) is 3.62. The molecule has 0 saturated carbocycles. The van der Waals surface area contributed by atoms with E-state index >= 15 is 0 Å². The third-order valence-corrected chi connectivity index (χ3v) is 4.30. The minimum absolute atomic E-state index is 0.0416. The Balaban J connectivity index is 2.36. The van der Waals surface area contributed by atoms with Crippen LogP contribution in [0.4, 0.5) is 0 Å². The van der Waals surface area contributed by atoms with Gasteiger partial charge in [0, 0.05) is 0 Å². The molecule has 0 unspecified atom stereocenters. The van der Waals surface area contributed by atoms with E-state index in [0.717, 1.165) is 0 Å². The molecule has 0 aromatic carbocycles. The van der Waals surface area contributed by atoms with Gasteiger partial charge in [0.05, 0.1) is 19.9 Å². The zero-order chi connectivity index (χ0) is 18.1. The van der Waals surface area contributed by atoms with Gasteiger partial charge in [-0.05, 0) is 18.4 Å². The van der Waals surface area contributed by atoms with E-state index in [1.54, 1.807) is 29.4 Å². The minimum atomic E-state index is -0.796. The van der Waals surface area contributed by atoms with Crippen LogP contribution in [0.5, 0.6) is 0 Å². The lowest BCUT2D eigenvalue weighted by Gasteiger charge is -2.36. The molecular weight excluding hydrogens is 344 g/mol. The number of nitriles is 1. The molecular formula is C16H12N4O4S. The number of thioether (sulfide) groups is 1. The van der Waals surface area contributed by atoms with Crippen molar-refractivity contribution in [2.45, 2.75) is 0 Å². The lowest BCUT2D eigenvalue weighted by molar-refractivity contribution is -0.139. The molecule has 0 aromatic rings. The van der Waals surface area contributed by atoms with E-state index in [1.165, 1.54) is 26.0 Å². The summed E-state index contributed by atoms with van der Waals surface area (Å²) in [6, 6.07) is 2.07. The normalized spacial score (nSPS) is 18.0. The number of hydrogen-bond donors (Lipinski definition) is 0. The Kier molecular flexibility index (Phi) is 4.29. The second-order valence-corrected chi connectivity index (χ2v) is 5.65. The van der Waals surface area contributed by atoms with Crippen molar-refractivity contribution in [3.05, 3.63) is 45.8 Å². The van der Waals surface area contributed by atoms with Crippen molar-refractivity contribution in [2.24, 2.45) is 9.98 Å². The van der Waals surface area contributed by atoms with E-state index in [1.807, 2.05) is 0 Å². The quantitative estimate of drug-likeness (QED) is 0.701. The van der Waals surface area contributed by atoms with Crippen molar-refractivity contribution in [1.82, 2.24) is 4.90 Å². The van der Waals surface area contributed by atoms with Crippen LogP contribution >= 0.6 is 11.8 Å². The molecule has 0 fully saturated rings. The SMILES string of the molecule is COC(=O)C1=C(C(=O)OC)C2=CC=CC3=NC(SC)=C(C#N)C(=N1)N23. The number of amidine groups is 2. The summed E-state index contributed by atoms with van der Waals surface area (Å²) in [4.78, 5) is 34.7. The molecule has 0 saturated heterocycles. The molecule has 126 valence electrons. The van der Waals surface area contributed by atoms with Crippen molar-refractivity contribution in [3.63, 3.8) is 0 Å². The van der Waals surface area contributed by atoms with E-state index in [0.29, 0.717) is 16.6 Å². The Bertz CT molecular complexity index is 915. The number of esters is 2. The average Bonchev–Trinajstić information content (AvgIpc) is 2.66. The summed E-state index contributed by atoms with van der Waals surface area (Å²) in [5, 5.41) is 10.0. The first-order valence-electron chi connectivity index (χ1n) is 7.03. The molecule has 25 heavy (non-hydrogen) atoms. The second kappa shape index (κ2) is 6.41. The highest BCUT2D eigenvalue weighted by molar-refractivity contribution is 8.02. The van der Waals surface area contributed by atoms with Gasteiger partial charge in [-0.2, -0.15) is 5.26 Å². The zero-order valence-electron chi connectivity index (χ0n) is 13.6. The molecule has 0 N–H and O–H groups in total. The largest absolute Gasteiger partial charge is 0.465 e. The number of aliphatic imine (C=N–C) groups is 2. The molecule has 0 amide bonds. The van der Waals surface area contributed by atoms with Gasteiger partial charge in [0.25, 0.3) is 0 Å². The van der Waals surface area contributed by atoms with E-state index in [2.05, 4.69) is 16.1 Å². The first-order chi connectivity index (χ1) is 12.1. The number of ether oxygens (including phenoxy) is 2. The molecule has 9 heteroatoms. The van der Waals surface area contributed by atoms with Gasteiger partial charge in [0.1, 0.15) is 28.1 Å². The number of carbonyl (C=O) groups is 2. The van der Waals surface area contributed by atoms with E-state index in [9.17, 15) is 14.9 Å². The average molecular weight is 356 g/mol. The standard InChI is InChI=1S/C16H12N4O4S/c1-23-15(21)11-9-5-4-6-10-18-14(25-3)8(7-17)13(20(9)10)19-12(11)16(22)24-2/h4-6H,1-3H3. The number of methoxy groups -OCH3 is 2. The van der Waals surface area contributed by atoms with Gasteiger partial charge in [-0.3, -0.25) is 4.90 Å². The Morgan fingerprint density at radius 2 is 1.96 bits per heavy atom. The Morgan fingerprint density at radius 1 is 1.24 bits per heavy atom. The van der Waals surface area contributed by atoms with Gasteiger partial charge in [0.15, 0.2) is 11.5 Å². The summed E-state index contributed by atoms with van der Waals surface area (Å²) < 4.78 is 9.54. The summed E-state index contributed by atoms with van der Waals surface area (Å²) in [5.74, 6) is -0.817. The van der Waals surface area contributed by atoms with Crippen LogP contribution in [0.1, 0.15) is 0 Å². The summed E-state index contributed by atoms with van der Waals surface area (Å²) in [5.41, 5.74) is 0.311. The first-order valence-corrected chi connectivity index (χ1v) is 8.25. The minimum Gasteiger partial charge on any atom is -0.465 e. The summed E-state index contributed by atoms with van der Waals surface area (Å²) in [7, 11) is 2.40. The molecule has 3 rings (SSSR count). The highest BCUT2D eigenvalue weighted by Crippen LogP contribution is 2.37. The second-order valence-electron chi connectivity index (χ2n) is 4.85. The lowest BCUT2D eigenvalue weighted by atomic mass is 10.0. The predicted molar refractivity (Wildman–Crippen MR) is 91.1 cm³/mol. The van der Waals surface area contributed by atoms with Gasteiger partial charge < -0.3 is 9.47 Å². The predicted octanol–water partition coefficient (Wildman–Crippen LogP) is 1.26. The topological polar surface area (TPSA) is 104 Å². The fourth-order valence-corrected chi connectivity index (χ4v) is 3.08. The maximum absolute atomic E-state index is 12.3. The van der Waals surface area contributed by atoms with Crippen molar-refractivity contribution in [3.8, 4) is 6.07 Å². The first kappa shape index (κ1) is 16.7. The molecule has 0 aliphatic carbocycles. The number of allylic oxidation sites excluding steroid dienone is 2. The Hall–Kier alpha value is -3.12. The van der Waals surface area contributed by atoms with Crippen molar-refractivity contribution in [2.75, 3.05) is 20.5 Å². The van der Waals surface area contributed by atoms with Crippen LogP contribution < -0.4 is 0 Å². The number of nitrogens with zero attached hydrogens (tertiary/aromatic N) is 4. The van der Waals surface area contributed by atoms with Crippen LogP contribution in [-0.4, -0.2) is 49.0 Å². The lowest BCUT2D eigenvalue weighted by Crippen LogP contribution is -2.44. The van der Waals surface area contributed by atoms with E-state index in [-0.39, 0.29) is 22.7 Å². The molecule has 3 aliphatic rings. The monoisotopic (exact) mass is 356 g/mol. The molecule has 0 atom stereocenters. The van der Waals surface area contributed by atoms with Gasteiger partial charge in [-0.25, -0.2) is 19.6 Å². The van der Waals surface area contributed by atoms with Crippen molar-refractivity contribution >= 4 is 35.4 Å². The smallest absolute Gasteiger partial charge is 0.357 e.